The number of hydrogen-bond acceptors (Lipinski definition) is 4. The highest BCUT2D eigenvalue weighted by molar-refractivity contribution is 6.09. The predicted octanol–water partition coefficient (Wildman–Crippen LogP) is 2.87. The molecule has 1 atom stereocenters. The zero-order chi connectivity index (χ0) is 17.9. The van der Waals surface area contributed by atoms with E-state index >= 15 is 0 Å². The van der Waals surface area contributed by atoms with Gasteiger partial charge in [0, 0.05) is 19.5 Å². The van der Waals surface area contributed by atoms with Gasteiger partial charge in [-0.05, 0) is 61.5 Å². The number of terminal acetylenes is 1. The number of aliphatic hydroxyl groups is 1. The molecule has 0 amide bonds. The lowest BCUT2D eigenvalue weighted by Crippen LogP contribution is -2.36. The lowest BCUT2D eigenvalue weighted by molar-refractivity contribution is -0.114. The molecular formula is C22H24N2O2. The minimum Gasteiger partial charge on any atom is -0.387 e. The summed E-state index contributed by atoms with van der Waals surface area (Å²) in [5, 5.41) is 10.5. The standard InChI is InChI=1S/C22H24N2O2/c1-2-16-18(25)13-15-5-6-17(21(26)14-3-4-14)23-19(15)20(16)24-11-9-22(7-8-22)10-12-24/h1,5-6,14,21,26H,3-4,7-13H2/t21-/m0/s1. The third-order valence-electron chi connectivity index (χ3n) is 6.70. The number of pyridine rings is 1. The van der Waals surface area contributed by atoms with Crippen molar-refractivity contribution >= 4 is 11.5 Å². The number of carbonyl (C=O) groups excluding carboxylic acids is 1. The third kappa shape index (κ3) is 2.57. The van der Waals surface area contributed by atoms with Gasteiger partial charge in [-0.2, -0.15) is 0 Å². The summed E-state index contributed by atoms with van der Waals surface area (Å²) in [5.41, 5.74) is 4.33. The molecule has 3 fully saturated rings. The van der Waals surface area contributed by atoms with Crippen LogP contribution in [0.15, 0.2) is 17.7 Å². The van der Waals surface area contributed by atoms with Crippen molar-refractivity contribution in [2.45, 2.75) is 51.0 Å². The number of allylic oxidation sites excluding steroid dienone is 1. The average Bonchev–Trinajstić information content (AvgIpc) is 3.57. The van der Waals surface area contributed by atoms with E-state index in [1.54, 1.807) is 0 Å². The van der Waals surface area contributed by atoms with Crippen LogP contribution in [0.1, 0.15) is 61.6 Å². The molecule has 0 unspecified atom stereocenters. The number of hydrogen-bond donors (Lipinski definition) is 1. The van der Waals surface area contributed by atoms with E-state index in [4.69, 9.17) is 11.4 Å². The fraction of sp³-hybridized carbons (Fsp3) is 0.545. The molecule has 2 saturated carbocycles. The molecule has 1 aliphatic heterocycles. The highest BCUT2D eigenvalue weighted by atomic mass is 16.3. The number of likely N-dealkylation sites (tertiary alicyclic amines) is 1. The minimum absolute atomic E-state index is 0.0130. The first kappa shape index (κ1) is 16.1. The smallest absolute Gasteiger partial charge is 0.177 e. The molecule has 5 rings (SSSR count). The fourth-order valence-electron chi connectivity index (χ4n) is 4.52. The van der Waals surface area contributed by atoms with E-state index in [0.29, 0.717) is 29.0 Å². The Morgan fingerprint density at radius 2 is 1.96 bits per heavy atom. The maximum absolute atomic E-state index is 12.6. The molecule has 4 nitrogen and oxygen atoms in total. The number of aliphatic hydroxyl groups excluding tert-OH is 1. The van der Waals surface area contributed by atoms with Gasteiger partial charge in [0.05, 0.1) is 28.8 Å². The van der Waals surface area contributed by atoms with Gasteiger partial charge in [0.1, 0.15) is 0 Å². The Kier molecular flexibility index (Phi) is 3.52. The number of aromatic nitrogens is 1. The van der Waals surface area contributed by atoms with E-state index in [-0.39, 0.29) is 5.78 Å². The van der Waals surface area contributed by atoms with Crippen molar-refractivity contribution in [3.63, 3.8) is 0 Å². The number of nitrogens with zero attached hydrogens (tertiary/aromatic N) is 2. The first-order chi connectivity index (χ1) is 12.6. The quantitative estimate of drug-likeness (QED) is 0.854. The zero-order valence-electron chi connectivity index (χ0n) is 15.0. The normalized spacial score (nSPS) is 25.1. The molecule has 1 aromatic rings. The fourth-order valence-corrected chi connectivity index (χ4v) is 4.52. The second-order valence-corrected chi connectivity index (χ2v) is 8.48. The summed E-state index contributed by atoms with van der Waals surface area (Å²) >= 11 is 0. The van der Waals surface area contributed by atoms with Crippen molar-refractivity contribution in [2.75, 3.05) is 13.1 Å². The van der Waals surface area contributed by atoms with Crippen LogP contribution < -0.4 is 0 Å². The number of piperidine rings is 1. The summed E-state index contributed by atoms with van der Waals surface area (Å²) in [6.45, 7) is 1.87. The second kappa shape index (κ2) is 5.69. The maximum Gasteiger partial charge on any atom is 0.177 e. The highest BCUT2D eigenvalue weighted by Crippen LogP contribution is 2.54. The van der Waals surface area contributed by atoms with Crippen molar-refractivity contribution < 1.29 is 9.90 Å². The van der Waals surface area contributed by atoms with Crippen LogP contribution in [0.2, 0.25) is 0 Å². The van der Waals surface area contributed by atoms with Gasteiger partial charge in [-0.1, -0.05) is 12.0 Å². The van der Waals surface area contributed by atoms with Crippen molar-refractivity contribution in [1.82, 2.24) is 9.88 Å². The molecule has 3 aliphatic carbocycles. The summed E-state index contributed by atoms with van der Waals surface area (Å²) in [4.78, 5) is 19.7. The summed E-state index contributed by atoms with van der Waals surface area (Å²) < 4.78 is 0. The maximum atomic E-state index is 12.6. The Balaban J connectivity index is 1.55. The second-order valence-electron chi connectivity index (χ2n) is 8.48. The van der Waals surface area contributed by atoms with Crippen LogP contribution in [0.5, 0.6) is 0 Å². The average molecular weight is 348 g/mol. The van der Waals surface area contributed by atoms with Crippen LogP contribution in [0.4, 0.5) is 0 Å². The van der Waals surface area contributed by atoms with Gasteiger partial charge >= 0.3 is 0 Å². The van der Waals surface area contributed by atoms with Gasteiger partial charge in [-0.3, -0.25) is 4.79 Å². The summed E-state index contributed by atoms with van der Waals surface area (Å²) in [5.74, 6) is 2.99. The van der Waals surface area contributed by atoms with Gasteiger partial charge in [0.15, 0.2) is 5.78 Å². The largest absolute Gasteiger partial charge is 0.387 e. The Hall–Kier alpha value is -2.12. The van der Waals surface area contributed by atoms with Gasteiger partial charge < -0.3 is 10.0 Å². The molecule has 4 heteroatoms. The highest BCUT2D eigenvalue weighted by Gasteiger charge is 2.45. The van der Waals surface area contributed by atoms with Gasteiger partial charge in [0.25, 0.3) is 0 Å². The van der Waals surface area contributed by atoms with Crippen LogP contribution in [0.25, 0.3) is 5.70 Å². The summed E-state index contributed by atoms with van der Waals surface area (Å²) in [6.07, 6.45) is 12.7. The molecule has 0 bridgehead atoms. The number of carbonyl (C=O) groups is 1. The van der Waals surface area contributed by atoms with E-state index in [1.807, 2.05) is 12.1 Å². The number of fused-ring (bicyclic) bond motifs is 1. The first-order valence-electron chi connectivity index (χ1n) is 9.77. The van der Waals surface area contributed by atoms with E-state index in [1.165, 1.54) is 25.7 Å². The van der Waals surface area contributed by atoms with Crippen molar-refractivity contribution in [3.8, 4) is 12.3 Å². The number of Topliss-reactive ketones (excluding diaryl/α,β-unsaturated/α-hetero) is 1. The van der Waals surface area contributed by atoms with Crippen molar-refractivity contribution in [1.29, 1.82) is 0 Å². The molecular weight excluding hydrogens is 324 g/mol. The lowest BCUT2D eigenvalue weighted by Gasteiger charge is -2.37. The van der Waals surface area contributed by atoms with Gasteiger partial charge in [0.2, 0.25) is 0 Å². The molecule has 26 heavy (non-hydrogen) atoms. The van der Waals surface area contributed by atoms with Gasteiger partial charge in [-0.25, -0.2) is 4.98 Å². The molecule has 0 aromatic carbocycles. The lowest BCUT2D eigenvalue weighted by atomic mass is 9.88. The van der Waals surface area contributed by atoms with Crippen LogP contribution in [0.3, 0.4) is 0 Å². The van der Waals surface area contributed by atoms with E-state index in [2.05, 4.69) is 10.8 Å². The topological polar surface area (TPSA) is 53.4 Å². The molecule has 1 spiro atoms. The monoisotopic (exact) mass is 348 g/mol. The Morgan fingerprint density at radius 3 is 2.58 bits per heavy atom. The molecule has 1 saturated heterocycles. The van der Waals surface area contributed by atoms with E-state index in [9.17, 15) is 9.90 Å². The molecule has 1 aromatic heterocycles. The zero-order valence-corrected chi connectivity index (χ0v) is 15.0. The van der Waals surface area contributed by atoms with Crippen molar-refractivity contribution in [2.24, 2.45) is 11.3 Å². The summed E-state index contributed by atoms with van der Waals surface area (Å²) in [7, 11) is 0. The summed E-state index contributed by atoms with van der Waals surface area (Å²) in [6, 6.07) is 3.84. The third-order valence-corrected chi connectivity index (χ3v) is 6.70. The van der Waals surface area contributed by atoms with E-state index in [0.717, 1.165) is 42.9 Å². The van der Waals surface area contributed by atoms with Crippen LogP contribution in [-0.4, -0.2) is 33.9 Å². The number of rotatable bonds is 3. The SMILES string of the molecule is C#CC1=C(N2CCC3(CC2)CC3)c2nc([C@@H](O)C3CC3)ccc2CC1=O. The van der Waals surface area contributed by atoms with E-state index < -0.39 is 6.10 Å². The molecule has 2 heterocycles. The molecule has 134 valence electrons. The first-order valence-corrected chi connectivity index (χ1v) is 9.77. The Bertz CT molecular complexity index is 845. The minimum atomic E-state index is -0.510. The number of ketones is 1. The Labute approximate surface area is 154 Å². The molecule has 0 radical (unpaired) electrons. The molecule has 1 N–H and O–H groups in total. The van der Waals surface area contributed by atoms with Crippen LogP contribution >= 0.6 is 0 Å². The predicted molar refractivity (Wildman–Crippen MR) is 98.9 cm³/mol. The van der Waals surface area contributed by atoms with Crippen molar-refractivity contribution in [3.05, 3.63) is 34.7 Å². The Morgan fingerprint density at radius 1 is 1.23 bits per heavy atom. The van der Waals surface area contributed by atoms with Crippen LogP contribution in [0, 0.1) is 23.7 Å². The van der Waals surface area contributed by atoms with Gasteiger partial charge in [-0.15, -0.1) is 6.42 Å². The van der Waals surface area contributed by atoms with Crippen LogP contribution in [-0.2, 0) is 11.2 Å². The molecule has 4 aliphatic rings.